The van der Waals surface area contributed by atoms with Crippen LogP contribution in [0.3, 0.4) is 0 Å². The van der Waals surface area contributed by atoms with Gasteiger partial charge in [-0.15, -0.1) is 0 Å². The van der Waals surface area contributed by atoms with Crippen LogP contribution in [0.4, 0.5) is 0 Å². The highest BCUT2D eigenvalue weighted by molar-refractivity contribution is 7.47. The van der Waals surface area contributed by atoms with Gasteiger partial charge in [-0.3, -0.25) is 13.8 Å². The summed E-state index contributed by atoms with van der Waals surface area (Å²) in [6.07, 6.45) is 13.1. The zero-order chi connectivity index (χ0) is 35.6. The van der Waals surface area contributed by atoms with Crippen molar-refractivity contribution in [1.82, 2.24) is 0 Å². The van der Waals surface area contributed by atoms with E-state index < -0.39 is 63.1 Å². The molecule has 6 N–H and O–H groups in total. The number of aliphatic hydroxyl groups is 5. The Kier molecular flexibility index (Phi) is 26.1. The molecule has 284 valence electrons. The van der Waals surface area contributed by atoms with Crippen molar-refractivity contribution in [2.75, 3.05) is 19.8 Å². The van der Waals surface area contributed by atoms with Crippen LogP contribution in [0.5, 0.6) is 0 Å². The number of aliphatic hydroxyl groups excluding tert-OH is 5. The number of esters is 1. The first-order valence-corrected chi connectivity index (χ1v) is 20.0. The maximum Gasteiger partial charge on any atom is 0.472 e. The van der Waals surface area contributed by atoms with E-state index in [2.05, 4.69) is 26.0 Å². The third kappa shape index (κ3) is 20.7. The molecule has 0 aliphatic heterocycles. The number of allylic oxidation sites excluding steroid dienone is 2. The number of unbranched alkanes of at least 4 members (excludes halogenated alkanes) is 16. The second-order valence-electron chi connectivity index (χ2n) is 13.1. The van der Waals surface area contributed by atoms with Gasteiger partial charge in [0, 0.05) is 13.0 Å². The average molecular weight is 711 g/mol. The first-order chi connectivity index (χ1) is 23.0. The van der Waals surface area contributed by atoms with Gasteiger partial charge in [-0.2, -0.15) is 0 Å². The number of ether oxygens (including phenoxy) is 2. The Morgan fingerprint density at radius 1 is 0.646 bits per heavy atom. The SMILES string of the molecule is CCC/C=C\CCCCCCCCOCC(COP(=O)(O)OC1C(O)C(O)C(O)C(O)C1O)OC(=O)CCCCCCCCCCCC. The summed E-state index contributed by atoms with van der Waals surface area (Å²) in [6.45, 7) is 4.14. The zero-order valence-electron chi connectivity index (χ0n) is 29.5. The molecule has 0 spiro atoms. The largest absolute Gasteiger partial charge is 0.472 e. The summed E-state index contributed by atoms with van der Waals surface area (Å²) in [7, 11) is -5.00. The quantitative estimate of drug-likeness (QED) is 0.0233. The lowest BCUT2D eigenvalue weighted by Crippen LogP contribution is -2.64. The van der Waals surface area contributed by atoms with E-state index in [1.165, 1.54) is 57.8 Å². The van der Waals surface area contributed by atoms with Crippen LogP contribution >= 0.6 is 7.82 Å². The van der Waals surface area contributed by atoms with Crippen molar-refractivity contribution in [1.29, 1.82) is 0 Å². The average Bonchev–Trinajstić information content (AvgIpc) is 3.06. The van der Waals surface area contributed by atoms with Crippen LogP contribution in [0.25, 0.3) is 0 Å². The van der Waals surface area contributed by atoms with Gasteiger partial charge in [0.15, 0.2) is 0 Å². The van der Waals surface area contributed by atoms with Crippen molar-refractivity contribution in [3.63, 3.8) is 0 Å². The Morgan fingerprint density at radius 3 is 1.73 bits per heavy atom. The number of hydrogen-bond donors (Lipinski definition) is 6. The number of carbonyl (C=O) groups is 1. The molecule has 12 nitrogen and oxygen atoms in total. The molecule has 0 aromatic carbocycles. The van der Waals surface area contributed by atoms with Gasteiger partial charge in [-0.1, -0.05) is 116 Å². The van der Waals surface area contributed by atoms with Crippen molar-refractivity contribution in [3.8, 4) is 0 Å². The van der Waals surface area contributed by atoms with Gasteiger partial charge in [0.1, 0.15) is 42.7 Å². The fourth-order valence-electron chi connectivity index (χ4n) is 5.59. The smallest absolute Gasteiger partial charge is 0.457 e. The number of hydrogen-bond acceptors (Lipinski definition) is 11. The van der Waals surface area contributed by atoms with Gasteiger partial charge in [0.25, 0.3) is 0 Å². The molecule has 0 radical (unpaired) electrons. The van der Waals surface area contributed by atoms with Crippen LogP contribution in [0.15, 0.2) is 12.2 Å². The van der Waals surface area contributed by atoms with Gasteiger partial charge >= 0.3 is 13.8 Å². The summed E-state index contributed by atoms with van der Waals surface area (Å²) in [5, 5.41) is 49.8. The molecule has 0 bridgehead atoms. The molecule has 13 heteroatoms. The fraction of sp³-hybridized carbons (Fsp3) is 0.914. The number of rotatable bonds is 30. The maximum absolute atomic E-state index is 12.7. The standard InChI is InChI=1S/C35H67O12P/c1-3-5-7-9-11-13-15-17-19-21-23-25-44-26-28(46-29(36)24-22-20-18-16-14-12-10-8-6-4-2)27-45-48(42,43)47-35-33(40)31(38)30(37)32(39)34(35)41/h7,9,28,30-35,37-41H,3-6,8,10-27H2,1-2H3,(H,42,43)/b9-7-. The third-order valence-corrected chi connectivity index (χ3v) is 9.60. The Bertz CT molecular complexity index is 859. The highest BCUT2D eigenvalue weighted by Crippen LogP contribution is 2.47. The van der Waals surface area contributed by atoms with E-state index in [1.54, 1.807) is 0 Å². The Balaban J connectivity index is 2.50. The first-order valence-electron chi connectivity index (χ1n) is 18.5. The minimum atomic E-state index is -5.00. The number of phosphoric ester groups is 1. The molecule has 0 aromatic heterocycles. The van der Waals surface area contributed by atoms with E-state index in [9.17, 15) is 39.8 Å². The van der Waals surface area contributed by atoms with Gasteiger partial charge in [0.2, 0.25) is 0 Å². The molecule has 0 heterocycles. The lowest BCUT2D eigenvalue weighted by atomic mass is 9.85. The topological polar surface area (TPSA) is 192 Å². The lowest BCUT2D eigenvalue weighted by Gasteiger charge is -2.41. The highest BCUT2D eigenvalue weighted by atomic mass is 31.2. The minimum Gasteiger partial charge on any atom is -0.457 e. The van der Waals surface area contributed by atoms with Gasteiger partial charge in [-0.05, 0) is 32.1 Å². The summed E-state index contributed by atoms with van der Waals surface area (Å²) in [6, 6.07) is 0. The van der Waals surface area contributed by atoms with Gasteiger partial charge in [0.05, 0.1) is 13.2 Å². The zero-order valence-corrected chi connectivity index (χ0v) is 30.4. The molecule has 1 aliphatic carbocycles. The molecule has 48 heavy (non-hydrogen) atoms. The summed E-state index contributed by atoms with van der Waals surface area (Å²) >= 11 is 0. The van der Waals surface area contributed by atoms with Crippen LogP contribution in [0.2, 0.25) is 0 Å². The van der Waals surface area contributed by atoms with Gasteiger partial charge < -0.3 is 39.9 Å². The summed E-state index contributed by atoms with van der Waals surface area (Å²) in [4.78, 5) is 22.9. The Labute approximate surface area is 288 Å². The fourth-order valence-corrected chi connectivity index (χ4v) is 6.56. The van der Waals surface area contributed by atoms with Crippen LogP contribution in [-0.2, 0) is 27.9 Å². The normalized spacial score (nSPS) is 24.9. The number of phosphoric acid groups is 1. The predicted molar refractivity (Wildman–Crippen MR) is 184 cm³/mol. The predicted octanol–water partition coefficient (Wildman–Crippen LogP) is 5.63. The molecule has 0 aromatic rings. The van der Waals surface area contributed by atoms with Crippen LogP contribution in [0, 0.1) is 0 Å². The third-order valence-electron chi connectivity index (χ3n) is 8.62. The van der Waals surface area contributed by atoms with Crippen LogP contribution in [0.1, 0.15) is 142 Å². The second-order valence-corrected chi connectivity index (χ2v) is 14.5. The van der Waals surface area contributed by atoms with Gasteiger partial charge in [-0.25, -0.2) is 4.57 Å². The lowest BCUT2D eigenvalue weighted by molar-refractivity contribution is -0.220. The minimum absolute atomic E-state index is 0.0772. The molecule has 6 atom stereocenters. The molecular weight excluding hydrogens is 643 g/mol. The van der Waals surface area contributed by atoms with E-state index >= 15 is 0 Å². The molecule has 1 aliphatic rings. The summed E-state index contributed by atoms with van der Waals surface area (Å²) in [5.74, 6) is -0.483. The van der Waals surface area contributed by atoms with Crippen molar-refractivity contribution in [2.24, 2.45) is 0 Å². The van der Waals surface area contributed by atoms with Crippen LogP contribution in [-0.4, -0.2) is 98.9 Å². The van der Waals surface area contributed by atoms with Crippen molar-refractivity contribution < 1.29 is 58.3 Å². The molecule has 1 rings (SSSR count). The summed E-state index contributed by atoms with van der Waals surface area (Å²) < 4.78 is 33.9. The van der Waals surface area contributed by atoms with E-state index in [0.29, 0.717) is 13.0 Å². The summed E-state index contributed by atoms with van der Waals surface area (Å²) in [5.41, 5.74) is 0. The van der Waals surface area contributed by atoms with E-state index in [0.717, 1.165) is 57.8 Å². The maximum atomic E-state index is 12.7. The van der Waals surface area contributed by atoms with Crippen molar-refractivity contribution in [2.45, 2.75) is 185 Å². The van der Waals surface area contributed by atoms with Crippen LogP contribution < -0.4 is 0 Å². The Hall–Kier alpha value is -0.920. The molecule has 1 fully saturated rings. The molecule has 0 saturated heterocycles. The van der Waals surface area contributed by atoms with E-state index in [-0.39, 0.29) is 13.0 Å². The molecule has 1 saturated carbocycles. The van der Waals surface area contributed by atoms with E-state index in [4.69, 9.17) is 18.5 Å². The second kappa shape index (κ2) is 27.8. The van der Waals surface area contributed by atoms with Crippen molar-refractivity contribution >= 4 is 13.8 Å². The molecule has 0 amide bonds. The molecule has 6 unspecified atom stereocenters. The van der Waals surface area contributed by atoms with E-state index in [1.807, 2.05) is 0 Å². The highest BCUT2D eigenvalue weighted by Gasteiger charge is 2.51. The molecular formula is C35H67O12P. The Morgan fingerprint density at radius 2 is 1.15 bits per heavy atom. The van der Waals surface area contributed by atoms with Crippen molar-refractivity contribution in [3.05, 3.63) is 12.2 Å². The number of carbonyl (C=O) groups excluding carboxylic acids is 1. The monoisotopic (exact) mass is 710 g/mol. The first kappa shape index (κ1) is 45.1.